The number of nitrogens with zero attached hydrogens (tertiary/aromatic N) is 3. The summed E-state index contributed by atoms with van der Waals surface area (Å²) in [4.78, 5) is 17.0. The first kappa shape index (κ1) is 32.7. The van der Waals surface area contributed by atoms with Crippen molar-refractivity contribution in [2.75, 3.05) is 0 Å². The standard InChI is InChI=1S/C51H35N3OS/c1-4-14-32(15-5-1)33-24-26-36(27-25-33)50-52-49(35-18-8-3-9-19-35)53-51(54-50)43-30-42-38-20-10-12-22-44(38)55-45(42)31-40(43)37-28-41(34-16-6-2-7-17-34)48-39-21-11-13-23-46(39)56-47(48)29-37/h1-4,6-10,12-14,16-20,22-31H,5,11,15,21H2. The summed E-state index contributed by atoms with van der Waals surface area (Å²) in [5, 5.41) is 3.45. The van der Waals surface area contributed by atoms with Crippen LogP contribution in [0.4, 0.5) is 0 Å². The molecule has 3 heterocycles. The Morgan fingerprint density at radius 2 is 1.20 bits per heavy atom. The molecule has 266 valence electrons. The van der Waals surface area contributed by atoms with E-state index in [1.54, 1.807) is 0 Å². The van der Waals surface area contributed by atoms with Crippen molar-refractivity contribution in [3.63, 3.8) is 0 Å². The Kier molecular flexibility index (Phi) is 7.92. The van der Waals surface area contributed by atoms with Crippen molar-refractivity contribution in [3.05, 3.63) is 174 Å². The van der Waals surface area contributed by atoms with Crippen LogP contribution in [0.15, 0.2) is 162 Å². The summed E-state index contributed by atoms with van der Waals surface area (Å²) >= 11 is 1.88. The lowest BCUT2D eigenvalue weighted by Crippen LogP contribution is -2.01. The largest absolute Gasteiger partial charge is 0.456 e. The number of allylic oxidation sites excluding steroid dienone is 5. The molecule has 2 aliphatic rings. The summed E-state index contributed by atoms with van der Waals surface area (Å²) in [7, 11) is 0. The minimum atomic E-state index is 0.620. The minimum Gasteiger partial charge on any atom is -0.456 e. The molecule has 11 rings (SSSR count). The van der Waals surface area contributed by atoms with Gasteiger partial charge in [-0.3, -0.25) is 0 Å². The van der Waals surface area contributed by atoms with E-state index in [2.05, 4.69) is 134 Å². The van der Waals surface area contributed by atoms with Crippen LogP contribution in [0, 0.1) is 0 Å². The van der Waals surface area contributed by atoms with Gasteiger partial charge in [-0.15, -0.1) is 11.3 Å². The van der Waals surface area contributed by atoms with Gasteiger partial charge in [0, 0.05) is 42.4 Å². The Morgan fingerprint density at radius 1 is 0.500 bits per heavy atom. The molecule has 0 bridgehead atoms. The lowest BCUT2D eigenvalue weighted by Gasteiger charge is -2.15. The topological polar surface area (TPSA) is 51.8 Å². The van der Waals surface area contributed by atoms with Crippen molar-refractivity contribution in [1.82, 2.24) is 15.0 Å². The monoisotopic (exact) mass is 737 g/mol. The lowest BCUT2D eigenvalue weighted by atomic mass is 9.90. The molecule has 0 aliphatic heterocycles. The predicted octanol–water partition coefficient (Wildman–Crippen LogP) is 14.0. The van der Waals surface area contributed by atoms with E-state index in [0.29, 0.717) is 17.5 Å². The molecule has 6 aromatic carbocycles. The third kappa shape index (κ3) is 5.71. The highest BCUT2D eigenvalue weighted by Gasteiger charge is 2.23. The molecule has 0 radical (unpaired) electrons. The maximum absolute atomic E-state index is 6.55. The molecular weight excluding hydrogens is 703 g/mol. The maximum atomic E-state index is 6.55. The number of furan rings is 1. The highest BCUT2D eigenvalue weighted by atomic mass is 32.1. The van der Waals surface area contributed by atoms with E-state index in [0.717, 1.165) is 75.4 Å². The van der Waals surface area contributed by atoms with Crippen LogP contribution in [0.25, 0.3) is 100 Å². The van der Waals surface area contributed by atoms with Crippen molar-refractivity contribution < 1.29 is 4.42 Å². The van der Waals surface area contributed by atoms with Crippen LogP contribution in [0.1, 0.15) is 35.3 Å². The zero-order valence-corrected chi connectivity index (χ0v) is 31.4. The van der Waals surface area contributed by atoms with E-state index in [1.807, 2.05) is 41.7 Å². The van der Waals surface area contributed by atoms with Crippen molar-refractivity contribution in [3.8, 4) is 56.4 Å². The molecule has 56 heavy (non-hydrogen) atoms. The van der Waals surface area contributed by atoms with E-state index in [1.165, 1.54) is 42.8 Å². The zero-order chi connectivity index (χ0) is 37.0. The summed E-state index contributed by atoms with van der Waals surface area (Å²) in [5.74, 6) is 1.89. The molecule has 0 unspecified atom stereocenters. The maximum Gasteiger partial charge on any atom is 0.164 e. The smallest absolute Gasteiger partial charge is 0.164 e. The number of aromatic nitrogens is 3. The Morgan fingerprint density at radius 3 is 1.98 bits per heavy atom. The lowest BCUT2D eigenvalue weighted by molar-refractivity contribution is 0.669. The average Bonchev–Trinajstić information content (AvgIpc) is 3.84. The first-order valence-corrected chi connectivity index (χ1v) is 20.1. The quantitative estimate of drug-likeness (QED) is 0.170. The molecule has 5 heteroatoms. The SMILES string of the molecule is C1=CCCC(c2ccc(-c3nc(-c4ccccc4)nc(-c4cc5c(cc4-c4cc(-c6ccccc6)c6c7c(sc6c4)C=CCC7)oc4ccccc45)n3)cc2)=C1. The van der Waals surface area contributed by atoms with Gasteiger partial charge in [0.15, 0.2) is 17.5 Å². The molecule has 3 aromatic heterocycles. The van der Waals surface area contributed by atoms with Gasteiger partial charge in [-0.05, 0) is 101 Å². The molecule has 0 N–H and O–H groups in total. The summed E-state index contributed by atoms with van der Waals surface area (Å²) < 4.78 is 7.83. The molecule has 0 saturated heterocycles. The highest BCUT2D eigenvalue weighted by molar-refractivity contribution is 7.20. The first-order chi connectivity index (χ1) is 27.7. The van der Waals surface area contributed by atoms with Crippen LogP contribution >= 0.6 is 11.3 Å². The van der Waals surface area contributed by atoms with Gasteiger partial charge in [0.25, 0.3) is 0 Å². The number of aryl methyl sites for hydroxylation is 1. The minimum absolute atomic E-state index is 0.620. The second-order valence-electron chi connectivity index (χ2n) is 14.5. The van der Waals surface area contributed by atoms with Crippen LogP contribution in [0.5, 0.6) is 0 Å². The van der Waals surface area contributed by atoms with Gasteiger partial charge in [0.05, 0.1) is 0 Å². The number of hydrogen-bond acceptors (Lipinski definition) is 5. The fraction of sp³-hybridized carbons (Fsp3) is 0.0784. The fourth-order valence-electron chi connectivity index (χ4n) is 8.33. The molecular formula is C51H35N3OS. The Bertz CT molecular complexity index is 3060. The summed E-state index contributed by atoms with van der Waals surface area (Å²) in [5.41, 5.74) is 13.1. The molecule has 9 aromatic rings. The van der Waals surface area contributed by atoms with E-state index < -0.39 is 0 Å². The number of fused-ring (bicyclic) bond motifs is 6. The highest BCUT2D eigenvalue weighted by Crippen LogP contribution is 2.46. The van der Waals surface area contributed by atoms with Gasteiger partial charge in [0.1, 0.15) is 11.2 Å². The van der Waals surface area contributed by atoms with Crippen LogP contribution in [0.2, 0.25) is 0 Å². The van der Waals surface area contributed by atoms with Gasteiger partial charge >= 0.3 is 0 Å². The Hall–Kier alpha value is -6.69. The summed E-state index contributed by atoms with van der Waals surface area (Å²) in [6.07, 6.45) is 15.4. The number of thiophene rings is 1. The fourth-order valence-corrected chi connectivity index (χ4v) is 9.58. The van der Waals surface area contributed by atoms with Gasteiger partial charge in [-0.1, -0.05) is 127 Å². The Balaban J connectivity index is 1.17. The van der Waals surface area contributed by atoms with E-state index in [-0.39, 0.29) is 0 Å². The van der Waals surface area contributed by atoms with E-state index >= 15 is 0 Å². The third-order valence-corrected chi connectivity index (χ3v) is 12.2. The molecule has 0 spiro atoms. The Labute approximate surface area is 328 Å². The van der Waals surface area contributed by atoms with Gasteiger partial charge in [0.2, 0.25) is 0 Å². The van der Waals surface area contributed by atoms with Gasteiger partial charge < -0.3 is 4.42 Å². The van der Waals surface area contributed by atoms with Crippen molar-refractivity contribution in [2.45, 2.75) is 25.7 Å². The number of rotatable bonds is 6. The molecule has 0 saturated carbocycles. The molecule has 0 amide bonds. The number of hydrogen-bond donors (Lipinski definition) is 0. The van der Waals surface area contributed by atoms with Crippen molar-refractivity contribution in [2.24, 2.45) is 0 Å². The summed E-state index contributed by atoms with van der Waals surface area (Å²) in [6, 6.07) is 47.1. The van der Waals surface area contributed by atoms with Gasteiger partial charge in [-0.25, -0.2) is 15.0 Å². The van der Waals surface area contributed by atoms with Crippen molar-refractivity contribution in [1.29, 1.82) is 0 Å². The predicted molar refractivity (Wildman–Crippen MR) is 233 cm³/mol. The number of para-hydroxylation sites is 1. The van der Waals surface area contributed by atoms with Gasteiger partial charge in [-0.2, -0.15) is 0 Å². The van der Waals surface area contributed by atoms with Crippen LogP contribution < -0.4 is 0 Å². The van der Waals surface area contributed by atoms with Crippen LogP contribution in [0.3, 0.4) is 0 Å². The van der Waals surface area contributed by atoms with Crippen LogP contribution in [-0.4, -0.2) is 15.0 Å². The molecule has 0 atom stereocenters. The number of benzene rings is 6. The van der Waals surface area contributed by atoms with Crippen LogP contribution in [-0.2, 0) is 6.42 Å². The molecule has 0 fully saturated rings. The third-order valence-electron chi connectivity index (χ3n) is 11.1. The van der Waals surface area contributed by atoms with E-state index in [9.17, 15) is 0 Å². The average molecular weight is 738 g/mol. The molecule has 2 aliphatic carbocycles. The zero-order valence-electron chi connectivity index (χ0n) is 30.6. The second-order valence-corrected chi connectivity index (χ2v) is 15.6. The van der Waals surface area contributed by atoms with Crippen molar-refractivity contribution >= 4 is 55.0 Å². The first-order valence-electron chi connectivity index (χ1n) is 19.3. The van der Waals surface area contributed by atoms with E-state index in [4.69, 9.17) is 19.4 Å². The normalized spacial score (nSPS) is 13.8. The molecule has 4 nitrogen and oxygen atoms in total. The summed E-state index contributed by atoms with van der Waals surface area (Å²) in [6.45, 7) is 0. The second kappa shape index (κ2) is 13.6.